The molecule has 0 unspecified atom stereocenters. The second kappa shape index (κ2) is 7.40. The molecule has 136 valence electrons. The van der Waals surface area contributed by atoms with Gasteiger partial charge in [-0.2, -0.15) is 0 Å². The van der Waals surface area contributed by atoms with E-state index < -0.39 is 3.77 Å². The van der Waals surface area contributed by atoms with E-state index in [1.165, 1.54) is 0 Å². The van der Waals surface area contributed by atoms with Gasteiger partial charge >= 0.3 is 170 Å². The number of carbonyl (C=O) groups excluding carboxylic acids is 1. The van der Waals surface area contributed by atoms with Crippen molar-refractivity contribution >= 4 is 42.6 Å². The normalized spacial score (nSPS) is 21.6. The van der Waals surface area contributed by atoms with Gasteiger partial charge in [-0.3, -0.25) is 0 Å². The van der Waals surface area contributed by atoms with Crippen LogP contribution in [0.5, 0.6) is 5.75 Å². The summed E-state index contributed by atoms with van der Waals surface area (Å²) < 4.78 is 5.41. The van der Waals surface area contributed by atoms with E-state index >= 15 is 0 Å². The summed E-state index contributed by atoms with van der Waals surface area (Å²) in [6, 6.07) is 27.3. The van der Waals surface area contributed by atoms with Crippen molar-refractivity contribution in [2.45, 2.75) is 9.81 Å². The first kappa shape index (κ1) is 18.1. The van der Waals surface area contributed by atoms with Gasteiger partial charge in [-0.05, 0) is 0 Å². The predicted molar refractivity (Wildman–Crippen MR) is 110 cm³/mol. The minimum atomic E-state index is -0.935. The predicted octanol–water partition coefficient (Wildman–Crippen LogP) is 3.75. The number of anilines is 1. The van der Waals surface area contributed by atoms with E-state index in [1.54, 1.807) is 12.0 Å². The molecule has 0 aromatic heterocycles. The molecule has 1 aliphatic heterocycles. The molecule has 4 rings (SSSR count). The van der Waals surface area contributed by atoms with Crippen LogP contribution >= 0.6 is 11.6 Å². The minimum absolute atomic E-state index is 0.0490. The summed E-state index contributed by atoms with van der Waals surface area (Å²) in [5, 5.41) is 0. The number of ether oxygens (including phenoxy) is 1. The molecule has 0 spiro atoms. The van der Waals surface area contributed by atoms with E-state index in [9.17, 15) is 4.79 Å². The Balaban J connectivity index is 1.72. The van der Waals surface area contributed by atoms with E-state index in [1.807, 2.05) is 84.9 Å². The van der Waals surface area contributed by atoms with E-state index in [4.69, 9.17) is 16.3 Å². The van der Waals surface area contributed by atoms with Crippen LogP contribution in [0.25, 0.3) is 0 Å². The first-order valence-electron chi connectivity index (χ1n) is 8.59. The summed E-state index contributed by atoms with van der Waals surface area (Å²) in [5.41, 5.74) is 1.87. The van der Waals surface area contributed by atoms with Crippen LogP contribution in [-0.4, -0.2) is 31.7 Å². The number of halogens is 1. The molecule has 3 aromatic carbocycles. The first-order chi connectivity index (χ1) is 13.1. The molecular formula is C22H18ClNO2Se. The number of carbonyl (C=O) groups is 1. The number of hydrogen-bond donors (Lipinski definition) is 0. The van der Waals surface area contributed by atoms with Gasteiger partial charge in [0.15, 0.2) is 0 Å². The SMILES string of the molecule is COc1ccc(N2C(=O)[C@@](Cl)([Se]c3ccccc3)[C@H]2c2ccccc2)cc1. The monoisotopic (exact) mass is 443 g/mol. The Kier molecular flexibility index (Phi) is 4.96. The Morgan fingerprint density at radius 3 is 2.11 bits per heavy atom. The number of amides is 1. The van der Waals surface area contributed by atoms with E-state index in [0.29, 0.717) is 0 Å². The number of alkyl halides is 1. The summed E-state index contributed by atoms with van der Waals surface area (Å²) >= 11 is 6.81. The summed E-state index contributed by atoms with van der Waals surface area (Å²) in [6.07, 6.45) is 0. The van der Waals surface area contributed by atoms with Crippen LogP contribution < -0.4 is 14.1 Å². The van der Waals surface area contributed by atoms with Crippen molar-refractivity contribution in [2.24, 2.45) is 0 Å². The molecule has 0 saturated carbocycles. The second-order valence-electron chi connectivity index (χ2n) is 6.25. The van der Waals surface area contributed by atoms with Crippen molar-refractivity contribution in [1.82, 2.24) is 0 Å². The van der Waals surface area contributed by atoms with Gasteiger partial charge in [0.05, 0.1) is 0 Å². The van der Waals surface area contributed by atoms with Gasteiger partial charge in [0, 0.05) is 0 Å². The molecule has 0 bridgehead atoms. The van der Waals surface area contributed by atoms with Crippen molar-refractivity contribution in [3.63, 3.8) is 0 Å². The Morgan fingerprint density at radius 1 is 0.926 bits per heavy atom. The molecule has 3 nitrogen and oxygen atoms in total. The van der Waals surface area contributed by atoms with Gasteiger partial charge in [-0.25, -0.2) is 0 Å². The zero-order valence-electron chi connectivity index (χ0n) is 14.7. The standard InChI is InChI=1S/C22H18ClNO2Se/c1-26-18-14-12-17(13-15-18)24-20(16-8-4-2-5-9-16)22(23,21(24)25)27-19-10-6-3-7-11-19/h2-15,20H,1H3/t20-,22+/m1/s1. The van der Waals surface area contributed by atoms with Gasteiger partial charge < -0.3 is 0 Å². The maximum absolute atomic E-state index is 13.2. The fourth-order valence-electron chi connectivity index (χ4n) is 3.27. The van der Waals surface area contributed by atoms with Gasteiger partial charge in [-0.1, -0.05) is 0 Å². The Bertz CT molecular complexity index is 934. The number of methoxy groups -OCH3 is 1. The van der Waals surface area contributed by atoms with Crippen LogP contribution in [0.15, 0.2) is 84.9 Å². The molecule has 1 aliphatic rings. The molecule has 1 amide bonds. The van der Waals surface area contributed by atoms with Crippen LogP contribution in [0.1, 0.15) is 11.6 Å². The molecule has 27 heavy (non-hydrogen) atoms. The summed E-state index contributed by atoms with van der Waals surface area (Å²) in [7, 11) is 1.63. The zero-order chi connectivity index (χ0) is 18.9. The number of hydrogen-bond acceptors (Lipinski definition) is 2. The molecule has 1 heterocycles. The molecule has 1 saturated heterocycles. The van der Waals surface area contributed by atoms with Crippen LogP contribution in [-0.2, 0) is 4.79 Å². The van der Waals surface area contributed by atoms with Crippen LogP contribution in [0.2, 0.25) is 0 Å². The fraction of sp³-hybridized carbons (Fsp3) is 0.136. The average molecular weight is 443 g/mol. The summed E-state index contributed by atoms with van der Waals surface area (Å²) in [6.45, 7) is 0. The molecule has 0 radical (unpaired) electrons. The van der Waals surface area contributed by atoms with Crippen molar-refractivity contribution in [3.05, 3.63) is 90.5 Å². The Morgan fingerprint density at radius 2 is 1.52 bits per heavy atom. The van der Waals surface area contributed by atoms with Crippen molar-refractivity contribution in [3.8, 4) is 5.75 Å². The molecule has 1 fully saturated rings. The van der Waals surface area contributed by atoms with Gasteiger partial charge in [-0.15, -0.1) is 0 Å². The first-order valence-corrected chi connectivity index (χ1v) is 10.7. The van der Waals surface area contributed by atoms with Crippen molar-refractivity contribution in [2.75, 3.05) is 12.0 Å². The third kappa shape index (κ3) is 3.25. The van der Waals surface area contributed by atoms with Gasteiger partial charge in [0.25, 0.3) is 0 Å². The molecular weight excluding hydrogens is 425 g/mol. The molecule has 5 heteroatoms. The quantitative estimate of drug-likeness (QED) is 0.342. The molecule has 2 atom stereocenters. The summed E-state index contributed by atoms with van der Waals surface area (Å²) in [4.78, 5) is 15.0. The van der Waals surface area contributed by atoms with E-state index in [-0.39, 0.29) is 26.9 Å². The Labute approximate surface area is 170 Å². The second-order valence-corrected chi connectivity index (χ2v) is 10.1. The average Bonchev–Trinajstić information content (AvgIpc) is 2.73. The third-order valence-corrected chi connectivity index (χ3v) is 7.89. The van der Waals surface area contributed by atoms with Crippen molar-refractivity contribution in [1.29, 1.82) is 0 Å². The fourth-order valence-corrected chi connectivity index (χ4v) is 6.51. The van der Waals surface area contributed by atoms with Gasteiger partial charge in [0.2, 0.25) is 0 Å². The Hall–Kier alpha value is -2.26. The third-order valence-electron chi connectivity index (χ3n) is 4.60. The van der Waals surface area contributed by atoms with E-state index in [2.05, 4.69) is 0 Å². The van der Waals surface area contributed by atoms with E-state index in [0.717, 1.165) is 21.5 Å². The zero-order valence-corrected chi connectivity index (χ0v) is 17.2. The molecule has 0 N–H and O–H groups in total. The number of β-lactam (4-membered cyclic amide) rings is 1. The van der Waals surface area contributed by atoms with Crippen LogP contribution in [0.4, 0.5) is 5.69 Å². The number of benzene rings is 3. The summed E-state index contributed by atoms with van der Waals surface area (Å²) in [5.74, 6) is 0.709. The van der Waals surface area contributed by atoms with Crippen LogP contribution in [0.3, 0.4) is 0 Å². The van der Waals surface area contributed by atoms with Crippen LogP contribution in [0, 0.1) is 0 Å². The molecule has 3 aromatic rings. The molecule has 0 aliphatic carbocycles. The number of rotatable bonds is 5. The maximum atomic E-state index is 13.2. The topological polar surface area (TPSA) is 29.5 Å². The van der Waals surface area contributed by atoms with Crippen molar-refractivity contribution < 1.29 is 9.53 Å². The number of nitrogens with zero attached hydrogens (tertiary/aromatic N) is 1. The van der Waals surface area contributed by atoms with Gasteiger partial charge in [0.1, 0.15) is 0 Å².